The number of hydrogen-bond acceptors (Lipinski definition) is 5. The monoisotopic (exact) mass is 358 g/mol. The highest BCUT2D eigenvalue weighted by atomic mass is 16.5. The van der Waals surface area contributed by atoms with Crippen LogP contribution in [0, 0.1) is 0 Å². The molecule has 2 amide bonds. The molecule has 4 heterocycles. The van der Waals surface area contributed by atoms with Crippen molar-refractivity contribution in [1.82, 2.24) is 20.0 Å². The zero-order chi connectivity index (χ0) is 17.9. The second kappa shape index (κ2) is 7.33. The maximum absolute atomic E-state index is 12.8. The summed E-state index contributed by atoms with van der Waals surface area (Å²) >= 11 is 0. The first-order valence-electron chi connectivity index (χ1n) is 9.01. The molecule has 0 radical (unpaired) electrons. The van der Waals surface area contributed by atoms with Gasteiger partial charge in [-0.25, -0.2) is 0 Å². The topological polar surface area (TPSA) is 89.6 Å². The van der Waals surface area contributed by atoms with Crippen molar-refractivity contribution >= 4 is 11.8 Å². The van der Waals surface area contributed by atoms with Crippen molar-refractivity contribution in [3.63, 3.8) is 0 Å². The van der Waals surface area contributed by atoms with Gasteiger partial charge in [0, 0.05) is 37.3 Å². The van der Waals surface area contributed by atoms with E-state index in [4.69, 9.17) is 9.15 Å². The lowest BCUT2D eigenvalue weighted by molar-refractivity contribution is 0.0772. The number of nitrogens with one attached hydrogen (secondary N) is 1. The Morgan fingerprint density at radius 1 is 1.27 bits per heavy atom. The number of rotatable bonds is 5. The van der Waals surface area contributed by atoms with Gasteiger partial charge in [-0.3, -0.25) is 14.3 Å². The normalized spacial score (nSPS) is 16.5. The molecule has 0 unspecified atom stereocenters. The zero-order valence-electron chi connectivity index (χ0n) is 14.6. The molecule has 2 aliphatic heterocycles. The number of likely N-dealkylation sites (tertiary alicyclic amines) is 1. The van der Waals surface area contributed by atoms with Crippen molar-refractivity contribution in [2.24, 2.45) is 0 Å². The van der Waals surface area contributed by atoms with Crippen molar-refractivity contribution in [3.8, 4) is 0 Å². The molecule has 0 aliphatic carbocycles. The molecule has 1 N–H and O–H groups in total. The van der Waals surface area contributed by atoms with Gasteiger partial charge in [0.2, 0.25) is 0 Å². The van der Waals surface area contributed by atoms with Gasteiger partial charge in [0.1, 0.15) is 0 Å². The predicted molar refractivity (Wildman–Crippen MR) is 91.8 cm³/mol. The fourth-order valence-corrected chi connectivity index (χ4v) is 3.51. The molecule has 0 spiro atoms. The second-order valence-corrected chi connectivity index (χ2v) is 6.53. The van der Waals surface area contributed by atoms with Crippen molar-refractivity contribution < 1.29 is 18.7 Å². The van der Waals surface area contributed by atoms with Crippen LogP contribution in [0.15, 0.2) is 22.8 Å². The van der Waals surface area contributed by atoms with E-state index >= 15 is 0 Å². The fourth-order valence-electron chi connectivity index (χ4n) is 3.51. The zero-order valence-corrected chi connectivity index (χ0v) is 14.6. The molecule has 8 nitrogen and oxygen atoms in total. The lowest BCUT2D eigenvalue weighted by atomic mass is 10.1. The molecule has 0 saturated carbocycles. The van der Waals surface area contributed by atoms with Crippen molar-refractivity contribution in [1.29, 1.82) is 0 Å². The van der Waals surface area contributed by atoms with Crippen LogP contribution >= 0.6 is 0 Å². The molecule has 26 heavy (non-hydrogen) atoms. The van der Waals surface area contributed by atoms with E-state index < -0.39 is 0 Å². The number of hydrogen-bond donors (Lipinski definition) is 1. The summed E-state index contributed by atoms with van der Waals surface area (Å²) in [7, 11) is 0. The molecule has 0 atom stereocenters. The average Bonchev–Trinajstić information content (AvgIpc) is 3.41. The van der Waals surface area contributed by atoms with Gasteiger partial charge in [0.25, 0.3) is 11.8 Å². The van der Waals surface area contributed by atoms with E-state index in [1.54, 1.807) is 12.1 Å². The highest BCUT2D eigenvalue weighted by Crippen LogP contribution is 2.23. The number of nitrogens with zero attached hydrogens (tertiary/aromatic N) is 3. The maximum Gasteiger partial charge on any atom is 0.287 e. The lowest BCUT2D eigenvalue weighted by Crippen LogP contribution is -2.29. The Kier molecular flexibility index (Phi) is 4.75. The van der Waals surface area contributed by atoms with E-state index in [1.165, 1.54) is 6.26 Å². The molecule has 1 saturated heterocycles. The Bertz CT molecular complexity index is 790. The molecular formula is C18H22N4O4. The second-order valence-electron chi connectivity index (χ2n) is 6.53. The third-order valence-electron chi connectivity index (χ3n) is 4.85. The largest absolute Gasteiger partial charge is 0.459 e. The van der Waals surface area contributed by atoms with Gasteiger partial charge in [-0.2, -0.15) is 5.10 Å². The number of carbonyl (C=O) groups is 2. The van der Waals surface area contributed by atoms with E-state index in [1.807, 2.05) is 9.58 Å². The minimum Gasteiger partial charge on any atom is -0.459 e. The van der Waals surface area contributed by atoms with Crippen molar-refractivity contribution in [2.45, 2.75) is 32.4 Å². The Labute approximate surface area is 151 Å². The highest BCUT2D eigenvalue weighted by Gasteiger charge is 2.29. The molecule has 2 aromatic rings. The van der Waals surface area contributed by atoms with Crippen LogP contribution in [0.1, 0.15) is 45.1 Å². The summed E-state index contributed by atoms with van der Waals surface area (Å²) in [5.74, 6) is 0.0149. The third kappa shape index (κ3) is 3.24. The Balaban J connectivity index is 1.47. The van der Waals surface area contributed by atoms with E-state index in [0.29, 0.717) is 32.0 Å². The van der Waals surface area contributed by atoms with Gasteiger partial charge in [-0.05, 0) is 25.0 Å². The quantitative estimate of drug-likeness (QED) is 0.868. The van der Waals surface area contributed by atoms with Gasteiger partial charge < -0.3 is 19.4 Å². The summed E-state index contributed by atoms with van der Waals surface area (Å²) in [5.41, 5.74) is 2.43. The van der Waals surface area contributed by atoms with E-state index in [9.17, 15) is 9.59 Å². The molecule has 0 aromatic carbocycles. The molecule has 2 aromatic heterocycles. The van der Waals surface area contributed by atoms with Gasteiger partial charge >= 0.3 is 0 Å². The molecular weight excluding hydrogens is 336 g/mol. The maximum atomic E-state index is 12.8. The van der Waals surface area contributed by atoms with Crippen LogP contribution < -0.4 is 5.32 Å². The molecule has 1 fully saturated rings. The summed E-state index contributed by atoms with van der Waals surface area (Å²) in [6.45, 7) is 3.53. The van der Waals surface area contributed by atoms with E-state index in [-0.39, 0.29) is 17.6 Å². The van der Waals surface area contributed by atoms with Gasteiger partial charge in [-0.15, -0.1) is 0 Å². The summed E-state index contributed by atoms with van der Waals surface area (Å²) in [6.07, 6.45) is 4.28. The first-order valence-corrected chi connectivity index (χ1v) is 9.01. The number of carbonyl (C=O) groups excluding carboxylic acids is 2. The van der Waals surface area contributed by atoms with Crippen LogP contribution in [-0.4, -0.2) is 52.7 Å². The number of amides is 2. The number of ether oxygens (including phenoxy) is 1. The van der Waals surface area contributed by atoms with Crippen LogP contribution in [0.5, 0.6) is 0 Å². The van der Waals surface area contributed by atoms with Crippen LogP contribution in [0.2, 0.25) is 0 Å². The van der Waals surface area contributed by atoms with Crippen molar-refractivity contribution in [3.05, 3.63) is 41.1 Å². The van der Waals surface area contributed by atoms with E-state index in [0.717, 1.165) is 43.6 Å². The SMILES string of the molecule is O=C(NCCn1nc(C(=O)N2CCCC2)c2c1CCOC2)c1ccco1. The highest BCUT2D eigenvalue weighted by molar-refractivity contribution is 5.94. The van der Waals surface area contributed by atoms with Crippen LogP contribution in [0.3, 0.4) is 0 Å². The Hall–Kier alpha value is -2.61. The van der Waals surface area contributed by atoms with Crippen LogP contribution in [-0.2, 0) is 24.3 Å². The van der Waals surface area contributed by atoms with Gasteiger partial charge in [-0.1, -0.05) is 0 Å². The molecule has 0 bridgehead atoms. The third-order valence-corrected chi connectivity index (χ3v) is 4.85. The Morgan fingerprint density at radius 2 is 2.12 bits per heavy atom. The van der Waals surface area contributed by atoms with Gasteiger partial charge in [0.15, 0.2) is 11.5 Å². The fraction of sp³-hybridized carbons (Fsp3) is 0.500. The molecule has 8 heteroatoms. The van der Waals surface area contributed by atoms with Crippen LogP contribution in [0.4, 0.5) is 0 Å². The average molecular weight is 358 g/mol. The molecule has 2 aliphatic rings. The number of furan rings is 1. The number of fused-ring (bicyclic) bond motifs is 1. The summed E-state index contributed by atoms with van der Waals surface area (Å²) in [5, 5.41) is 7.38. The minimum atomic E-state index is -0.257. The van der Waals surface area contributed by atoms with Crippen LogP contribution in [0.25, 0.3) is 0 Å². The smallest absolute Gasteiger partial charge is 0.287 e. The molecule has 4 rings (SSSR count). The molecule has 138 valence electrons. The van der Waals surface area contributed by atoms with E-state index in [2.05, 4.69) is 10.4 Å². The standard InChI is InChI=1S/C18H22N4O4/c23-17(15-4-3-10-26-15)19-6-9-22-14-5-11-25-12-13(14)16(20-22)18(24)21-7-1-2-8-21/h3-4,10H,1-2,5-9,11-12H2,(H,19,23). The number of aromatic nitrogens is 2. The van der Waals surface area contributed by atoms with Crippen molar-refractivity contribution in [2.75, 3.05) is 26.2 Å². The summed E-state index contributed by atoms with van der Waals surface area (Å²) in [4.78, 5) is 26.6. The summed E-state index contributed by atoms with van der Waals surface area (Å²) < 4.78 is 12.5. The first kappa shape index (κ1) is 16.8. The Morgan fingerprint density at radius 3 is 2.88 bits per heavy atom. The van der Waals surface area contributed by atoms with Gasteiger partial charge in [0.05, 0.1) is 26.0 Å². The minimum absolute atomic E-state index is 0.0115. The lowest BCUT2D eigenvalue weighted by Gasteiger charge is -2.17. The summed E-state index contributed by atoms with van der Waals surface area (Å²) in [6, 6.07) is 3.30. The first-order chi connectivity index (χ1) is 12.7. The predicted octanol–water partition coefficient (Wildman–Crippen LogP) is 1.21.